The number of fused-ring (bicyclic) bond motifs is 1. The van der Waals surface area contributed by atoms with Crippen LogP contribution in [0.5, 0.6) is 0 Å². The average molecular weight is 300 g/mol. The lowest BCUT2D eigenvalue weighted by atomic mass is 10.1. The van der Waals surface area contributed by atoms with E-state index < -0.39 is 15.5 Å². The highest BCUT2D eigenvalue weighted by molar-refractivity contribution is 8.14. The summed E-state index contributed by atoms with van der Waals surface area (Å²) in [4.78, 5) is 2.35. The molecule has 0 unspecified atom stereocenters. The fraction of sp³-hybridized carbons (Fsp3) is 0.111. The molecule has 0 aliphatic carbocycles. The van der Waals surface area contributed by atoms with Crippen molar-refractivity contribution in [3.63, 3.8) is 0 Å². The number of aromatic amines is 1. The monoisotopic (exact) mass is 299 g/mol. The van der Waals surface area contributed by atoms with Crippen LogP contribution in [0.15, 0.2) is 23.2 Å². The maximum absolute atomic E-state index is 12.6. The van der Waals surface area contributed by atoms with Crippen LogP contribution in [0.25, 0.3) is 10.9 Å². The summed E-state index contributed by atoms with van der Waals surface area (Å²) in [6.07, 6.45) is -1.61. The number of hydrogen-bond donors (Lipinski definition) is 1. The first kappa shape index (κ1) is 12.6. The molecule has 1 heterocycles. The summed E-state index contributed by atoms with van der Waals surface area (Å²) in [7, 11) is 1.25. The van der Waals surface area contributed by atoms with E-state index in [2.05, 4.69) is 4.98 Å². The Labute approximate surface area is 105 Å². The van der Waals surface area contributed by atoms with E-state index in [1.807, 2.05) is 0 Å². The summed E-state index contributed by atoms with van der Waals surface area (Å²) in [5.41, 5.74) is -0.233. The van der Waals surface area contributed by atoms with Crippen LogP contribution in [-0.2, 0) is 9.05 Å². The zero-order valence-corrected chi connectivity index (χ0v) is 10.4. The van der Waals surface area contributed by atoms with Crippen LogP contribution in [0, 0.1) is 0 Å². The van der Waals surface area contributed by atoms with Crippen LogP contribution in [0.2, 0.25) is 5.02 Å². The highest BCUT2D eigenvalue weighted by Gasteiger charge is 2.21. The topological polar surface area (TPSA) is 49.9 Å². The van der Waals surface area contributed by atoms with Crippen molar-refractivity contribution in [2.45, 2.75) is 11.3 Å². The number of aromatic nitrogens is 1. The molecule has 92 valence electrons. The van der Waals surface area contributed by atoms with E-state index in [-0.39, 0.29) is 26.4 Å². The first-order chi connectivity index (χ1) is 7.82. The molecule has 0 saturated carbocycles. The van der Waals surface area contributed by atoms with Gasteiger partial charge in [0.05, 0.1) is 10.5 Å². The van der Waals surface area contributed by atoms with Crippen molar-refractivity contribution >= 4 is 42.2 Å². The summed E-state index contributed by atoms with van der Waals surface area (Å²) in [6, 6.07) is 2.32. The van der Waals surface area contributed by atoms with Gasteiger partial charge in [0.2, 0.25) is 0 Å². The molecule has 17 heavy (non-hydrogen) atoms. The lowest BCUT2D eigenvalue weighted by molar-refractivity contribution is 0.151. The Kier molecular flexibility index (Phi) is 3.05. The molecule has 8 heteroatoms. The largest absolute Gasteiger partial charge is 0.359 e. The molecule has 2 aromatic rings. The lowest BCUT2D eigenvalue weighted by Gasteiger charge is -2.03. The summed E-state index contributed by atoms with van der Waals surface area (Å²) < 4.78 is 47.5. The fourth-order valence-corrected chi connectivity index (χ4v) is 2.84. The zero-order chi connectivity index (χ0) is 12.8. The molecule has 1 aromatic heterocycles. The highest BCUT2D eigenvalue weighted by Crippen LogP contribution is 2.35. The molecule has 0 atom stereocenters. The maximum Gasteiger partial charge on any atom is 0.265 e. The van der Waals surface area contributed by atoms with Gasteiger partial charge in [-0.1, -0.05) is 23.7 Å². The van der Waals surface area contributed by atoms with Crippen molar-refractivity contribution < 1.29 is 17.2 Å². The normalized spacial score (nSPS) is 12.5. The van der Waals surface area contributed by atoms with E-state index >= 15 is 0 Å². The van der Waals surface area contributed by atoms with Gasteiger partial charge in [0, 0.05) is 27.8 Å². The number of rotatable bonds is 2. The first-order valence-corrected chi connectivity index (χ1v) is 7.03. The molecule has 0 bridgehead atoms. The third kappa shape index (κ3) is 2.12. The molecule has 0 fully saturated rings. The Hall–Kier alpha value is -0.850. The second-order valence-corrected chi connectivity index (χ2v) is 6.20. The molecule has 0 saturated heterocycles. The second-order valence-electron chi connectivity index (χ2n) is 3.28. The average Bonchev–Trinajstić information content (AvgIpc) is 2.61. The van der Waals surface area contributed by atoms with Gasteiger partial charge in [-0.3, -0.25) is 0 Å². The third-order valence-corrected chi connectivity index (χ3v) is 4.05. The van der Waals surface area contributed by atoms with Gasteiger partial charge in [-0.25, -0.2) is 17.2 Å². The molecule has 0 radical (unpaired) electrons. The van der Waals surface area contributed by atoms with E-state index in [9.17, 15) is 17.2 Å². The third-order valence-electron chi connectivity index (χ3n) is 2.28. The van der Waals surface area contributed by atoms with Gasteiger partial charge < -0.3 is 4.98 Å². The Bertz CT molecular complexity index is 682. The van der Waals surface area contributed by atoms with E-state index in [1.165, 1.54) is 6.07 Å². The number of halogens is 4. The van der Waals surface area contributed by atoms with Gasteiger partial charge in [-0.15, -0.1) is 0 Å². The number of nitrogens with one attached hydrogen (secondary N) is 1. The summed E-state index contributed by atoms with van der Waals surface area (Å²) >= 11 is 5.75. The van der Waals surface area contributed by atoms with Crippen molar-refractivity contribution in [2.75, 3.05) is 0 Å². The van der Waals surface area contributed by atoms with Crippen LogP contribution < -0.4 is 0 Å². The van der Waals surface area contributed by atoms with Gasteiger partial charge in [0.25, 0.3) is 15.5 Å². The smallest absolute Gasteiger partial charge is 0.265 e. The summed E-state index contributed by atoms with van der Waals surface area (Å²) in [5.74, 6) is 0. The minimum absolute atomic E-state index is 0.128. The summed E-state index contributed by atoms with van der Waals surface area (Å²) in [5, 5.41) is -0.0153. The van der Waals surface area contributed by atoms with E-state index in [0.29, 0.717) is 0 Å². The van der Waals surface area contributed by atoms with Crippen LogP contribution in [0.1, 0.15) is 12.0 Å². The van der Waals surface area contributed by atoms with E-state index in [1.54, 1.807) is 0 Å². The molecule has 3 nitrogen and oxygen atoms in total. The molecule has 0 aliphatic rings. The Morgan fingerprint density at radius 3 is 2.47 bits per heavy atom. The molecular weight excluding hydrogens is 295 g/mol. The maximum atomic E-state index is 12.6. The lowest BCUT2D eigenvalue weighted by Crippen LogP contribution is -1.90. The van der Waals surface area contributed by atoms with Gasteiger partial charge in [-0.2, -0.15) is 0 Å². The highest BCUT2D eigenvalue weighted by atomic mass is 35.7. The molecule has 1 N–H and O–H groups in total. The standard InChI is InChI=1S/C9H5Cl2F2NO2S/c10-7-5(9(12)13)2-1-4-6(17(11,15)16)3-14-8(4)7/h1-3,9,14H. The number of hydrogen-bond acceptors (Lipinski definition) is 2. The minimum Gasteiger partial charge on any atom is -0.359 e. The van der Waals surface area contributed by atoms with Crippen LogP contribution >= 0.6 is 22.3 Å². The van der Waals surface area contributed by atoms with Crippen molar-refractivity contribution in [2.24, 2.45) is 0 Å². The Morgan fingerprint density at radius 2 is 1.94 bits per heavy atom. The van der Waals surface area contributed by atoms with Crippen molar-refractivity contribution in [3.05, 3.63) is 28.9 Å². The molecule has 0 aliphatic heterocycles. The number of alkyl halides is 2. The molecular formula is C9H5Cl2F2NO2S. The molecule has 0 spiro atoms. The predicted octanol–water partition coefficient (Wildman–Crippen LogP) is 3.69. The van der Waals surface area contributed by atoms with Gasteiger partial charge >= 0.3 is 0 Å². The molecule has 0 amide bonds. The Balaban J connectivity index is 2.80. The van der Waals surface area contributed by atoms with Crippen LogP contribution in [-0.4, -0.2) is 13.4 Å². The quantitative estimate of drug-likeness (QED) is 0.860. The first-order valence-electron chi connectivity index (χ1n) is 4.34. The Morgan fingerprint density at radius 1 is 1.29 bits per heavy atom. The molecule has 1 aromatic carbocycles. The second kappa shape index (κ2) is 4.12. The van der Waals surface area contributed by atoms with Crippen molar-refractivity contribution in [3.8, 4) is 0 Å². The van der Waals surface area contributed by atoms with Gasteiger partial charge in [0.15, 0.2) is 0 Å². The van der Waals surface area contributed by atoms with E-state index in [4.69, 9.17) is 22.3 Å². The van der Waals surface area contributed by atoms with Crippen molar-refractivity contribution in [1.82, 2.24) is 4.98 Å². The van der Waals surface area contributed by atoms with Gasteiger partial charge in [-0.05, 0) is 0 Å². The minimum atomic E-state index is -3.94. The predicted molar refractivity (Wildman–Crippen MR) is 61.3 cm³/mol. The van der Waals surface area contributed by atoms with Gasteiger partial charge in [0.1, 0.15) is 4.90 Å². The van der Waals surface area contributed by atoms with Crippen LogP contribution in [0.4, 0.5) is 8.78 Å². The molecule has 2 rings (SSSR count). The fourth-order valence-electron chi connectivity index (χ4n) is 1.52. The number of benzene rings is 1. The van der Waals surface area contributed by atoms with E-state index in [0.717, 1.165) is 12.3 Å². The number of H-pyrrole nitrogens is 1. The SMILES string of the molecule is O=S(=O)(Cl)c1c[nH]c2c(Cl)c(C(F)F)ccc12. The van der Waals surface area contributed by atoms with Crippen LogP contribution in [0.3, 0.4) is 0 Å². The summed E-state index contributed by atoms with van der Waals surface area (Å²) in [6.45, 7) is 0. The van der Waals surface area contributed by atoms with Crippen molar-refractivity contribution in [1.29, 1.82) is 0 Å². The zero-order valence-electron chi connectivity index (χ0n) is 8.05.